The second-order valence-electron chi connectivity index (χ2n) is 7.78. The number of ether oxygens (including phenoxy) is 1. The van der Waals surface area contributed by atoms with Crippen LogP contribution in [0.3, 0.4) is 0 Å². The molecule has 7 heteroatoms. The molecule has 2 heterocycles. The van der Waals surface area contributed by atoms with Gasteiger partial charge in [-0.3, -0.25) is 4.79 Å². The van der Waals surface area contributed by atoms with Crippen molar-refractivity contribution in [2.24, 2.45) is 0 Å². The Hall–Kier alpha value is -3.74. The molecule has 0 bridgehead atoms. The van der Waals surface area contributed by atoms with Crippen molar-refractivity contribution in [3.05, 3.63) is 80.6 Å². The van der Waals surface area contributed by atoms with Crippen LogP contribution in [0, 0.1) is 6.92 Å². The molecule has 0 aliphatic heterocycles. The van der Waals surface area contributed by atoms with Gasteiger partial charge in [0.25, 0.3) is 5.56 Å². The average Bonchev–Trinajstić information content (AvgIpc) is 2.77. The fourth-order valence-corrected chi connectivity index (χ4v) is 3.75. The first-order valence-corrected chi connectivity index (χ1v) is 10.7. The fraction of sp³-hybridized carbons (Fsp3) is 0.280. The van der Waals surface area contributed by atoms with Gasteiger partial charge in [-0.15, -0.1) is 0 Å². The van der Waals surface area contributed by atoms with Crippen molar-refractivity contribution in [1.29, 1.82) is 0 Å². The molecule has 0 aliphatic carbocycles. The van der Waals surface area contributed by atoms with E-state index in [9.17, 15) is 14.4 Å². The largest absolute Gasteiger partial charge is 0.423 e. The van der Waals surface area contributed by atoms with Crippen molar-refractivity contribution in [3.8, 4) is 5.75 Å². The molecule has 0 N–H and O–H groups in total. The Morgan fingerprint density at radius 3 is 2.56 bits per heavy atom. The lowest BCUT2D eigenvalue weighted by molar-refractivity contribution is 0.0728. The summed E-state index contributed by atoms with van der Waals surface area (Å²) in [6.45, 7) is 4.36. The SMILES string of the molecule is CCCCCCn1nc(C(=O)Oc2ccc3c(C)cc(=O)oc3c2)c2ccccc2c1=O. The quantitative estimate of drug-likeness (QED) is 0.183. The highest BCUT2D eigenvalue weighted by Crippen LogP contribution is 2.23. The van der Waals surface area contributed by atoms with E-state index in [0.29, 0.717) is 22.9 Å². The second-order valence-corrected chi connectivity index (χ2v) is 7.78. The zero-order valence-corrected chi connectivity index (χ0v) is 18.1. The molecule has 0 aliphatic rings. The molecule has 0 radical (unpaired) electrons. The zero-order chi connectivity index (χ0) is 22.7. The number of nitrogens with zero attached hydrogens (tertiary/aromatic N) is 2. The van der Waals surface area contributed by atoms with E-state index in [1.807, 2.05) is 6.92 Å². The summed E-state index contributed by atoms with van der Waals surface area (Å²) in [7, 11) is 0. The Kier molecular flexibility index (Phi) is 6.16. The van der Waals surface area contributed by atoms with Gasteiger partial charge < -0.3 is 9.15 Å². The van der Waals surface area contributed by atoms with Crippen LogP contribution in [0.15, 0.2) is 62.5 Å². The van der Waals surface area contributed by atoms with Gasteiger partial charge in [-0.05, 0) is 37.1 Å². The van der Waals surface area contributed by atoms with Crippen molar-refractivity contribution in [1.82, 2.24) is 9.78 Å². The van der Waals surface area contributed by atoms with Gasteiger partial charge >= 0.3 is 11.6 Å². The normalized spacial score (nSPS) is 11.2. The Balaban J connectivity index is 1.70. The van der Waals surface area contributed by atoms with E-state index in [0.717, 1.165) is 36.6 Å². The third-order valence-electron chi connectivity index (χ3n) is 5.42. The first-order chi connectivity index (χ1) is 15.5. The summed E-state index contributed by atoms with van der Waals surface area (Å²) in [4.78, 5) is 37.6. The van der Waals surface area contributed by atoms with Crippen molar-refractivity contribution in [2.45, 2.75) is 46.1 Å². The first-order valence-electron chi connectivity index (χ1n) is 10.7. The lowest BCUT2D eigenvalue weighted by atomic mass is 10.1. The smallest absolute Gasteiger partial charge is 0.364 e. The number of unbranched alkanes of at least 4 members (excludes halogenated alkanes) is 3. The molecule has 164 valence electrons. The summed E-state index contributed by atoms with van der Waals surface area (Å²) >= 11 is 0. The molecule has 4 rings (SSSR count). The molecule has 0 saturated heterocycles. The monoisotopic (exact) mass is 432 g/mol. The summed E-state index contributed by atoms with van der Waals surface area (Å²) in [6.07, 6.45) is 3.95. The van der Waals surface area contributed by atoms with Crippen molar-refractivity contribution in [2.75, 3.05) is 0 Å². The van der Waals surface area contributed by atoms with Crippen LogP contribution in [0.2, 0.25) is 0 Å². The van der Waals surface area contributed by atoms with E-state index < -0.39 is 11.6 Å². The third kappa shape index (κ3) is 4.32. The van der Waals surface area contributed by atoms with Gasteiger partial charge in [0.1, 0.15) is 11.3 Å². The molecule has 0 spiro atoms. The predicted octanol–water partition coefficient (Wildman–Crippen LogP) is 4.61. The van der Waals surface area contributed by atoms with Crippen LogP contribution in [0.5, 0.6) is 5.75 Å². The number of carbonyl (C=O) groups is 1. The Morgan fingerprint density at radius 1 is 1.00 bits per heavy atom. The molecule has 0 unspecified atom stereocenters. The molecule has 0 atom stereocenters. The molecular weight excluding hydrogens is 408 g/mol. The van der Waals surface area contributed by atoms with E-state index in [-0.39, 0.29) is 17.0 Å². The summed E-state index contributed by atoms with van der Waals surface area (Å²) < 4.78 is 12.1. The minimum Gasteiger partial charge on any atom is -0.423 e. The standard InChI is InChI=1S/C25H24N2O5/c1-3-4-5-8-13-27-24(29)20-10-7-6-9-19(20)23(26-27)25(30)31-17-11-12-18-16(2)14-22(28)32-21(18)15-17/h6-7,9-12,14-15H,3-5,8,13H2,1-2H3. The van der Waals surface area contributed by atoms with Crippen LogP contribution in [0.1, 0.15) is 48.7 Å². The van der Waals surface area contributed by atoms with Gasteiger partial charge in [-0.25, -0.2) is 14.3 Å². The molecule has 7 nitrogen and oxygen atoms in total. The van der Waals surface area contributed by atoms with Gasteiger partial charge in [-0.1, -0.05) is 44.4 Å². The average molecular weight is 432 g/mol. The van der Waals surface area contributed by atoms with Crippen LogP contribution in [-0.4, -0.2) is 15.7 Å². The van der Waals surface area contributed by atoms with Crippen LogP contribution >= 0.6 is 0 Å². The minimum atomic E-state index is -0.683. The summed E-state index contributed by atoms with van der Waals surface area (Å²) in [5.74, 6) is -0.458. The summed E-state index contributed by atoms with van der Waals surface area (Å²) in [6, 6.07) is 13.2. The highest BCUT2D eigenvalue weighted by Gasteiger charge is 2.19. The maximum atomic E-state index is 13.0. The molecule has 2 aromatic heterocycles. The van der Waals surface area contributed by atoms with Crippen molar-refractivity contribution >= 4 is 27.7 Å². The third-order valence-corrected chi connectivity index (χ3v) is 5.42. The highest BCUT2D eigenvalue weighted by molar-refractivity contribution is 6.03. The van der Waals surface area contributed by atoms with E-state index >= 15 is 0 Å². The van der Waals surface area contributed by atoms with Crippen molar-refractivity contribution in [3.63, 3.8) is 0 Å². The molecule has 0 amide bonds. The van der Waals surface area contributed by atoms with Crippen LogP contribution in [-0.2, 0) is 6.54 Å². The highest BCUT2D eigenvalue weighted by atomic mass is 16.5. The molecular formula is C25H24N2O5. The Morgan fingerprint density at radius 2 is 1.78 bits per heavy atom. The number of hydrogen-bond acceptors (Lipinski definition) is 6. The zero-order valence-electron chi connectivity index (χ0n) is 18.1. The van der Waals surface area contributed by atoms with Crippen molar-refractivity contribution < 1.29 is 13.9 Å². The van der Waals surface area contributed by atoms with Crippen LogP contribution in [0.25, 0.3) is 21.7 Å². The maximum absolute atomic E-state index is 13.0. The molecule has 2 aromatic carbocycles. The molecule has 0 saturated carbocycles. The molecule has 0 fully saturated rings. The summed E-state index contributed by atoms with van der Waals surface area (Å²) in [5, 5.41) is 5.96. The second kappa shape index (κ2) is 9.18. The van der Waals surface area contributed by atoms with E-state index in [4.69, 9.17) is 9.15 Å². The van der Waals surface area contributed by atoms with E-state index in [1.165, 1.54) is 16.8 Å². The summed E-state index contributed by atoms with van der Waals surface area (Å²) in [5.41, 5.74) is 0.482. The number of fused-ring (bicyclic) bond motifs is 2. The van der Waals surface area contributed by atoms with Crippen LogP contribution in [0.4, 0.5) is 0 Å². The van der Waals surface area contributed by atoms with Gasteiger partial charge in [0, 0.05) is 29.4 Å². The van der Waals surface area contributed by atoms with Gasteiger partial charge in [0.05, 0.1) is 5.39 Å². The fourth-order valence-electron chi connectivity index (χ4n) is 3.75. The predicted molar refractivity (Wildman–Crippen MR) is 122 cm³/mol. The number of aromatic nitrogens is 2. The first kappa shape index (κ1) is 21.5. The van der Waals surface area contributed by atoms with Crippen LogP contribution < -0.4 is 15.9 Å². The van der Waals surface area contributed by atoms with Gasteiger partial charge in [0.2, 0.25) is 0 Å². The maximum Gasteiger partial charge on any atom is 0.364 e. The number of esters is 1. The number of carbonyl (C=O) groups excluding carboxylic acids is 1. The minimum absolute atomic E-state index is 0.0708. The number of benzene rings is 2. The van der Waals surface area contributed by atoms with Gasteiger partial charge in [0.15, 0.2) is 5.69 Å². The number of hydrogen-bond donors (Lipinski definition) is 0. The lowest BCUT2D eigenvalue weighted by Crippen LogP contribution is -2.27. The number of aryl methyl sites for hydroxylation is 2. The lowest BCUT2D eigenvalue weighted by Gasteiger charge is -2.11. The Labute approximate surface area is 184 Å². The molecule has 4 aromatic rings. The topological polar surface area (TPSA) is 91.4 Å². The van der Waals surface area contributed by atoms with E-state index in [2.05, 4.69) is 12.0 Å². The van der Waals surface area contributed by atoms with Gasteiger partial charge in [-0.2, -0.15) is 5.10 Å². The Bertz CT molecular complexity index is 1420. The van der Waals surface area contributed by atoms with E-state index in [1.54, 1.807) is 36.4 Å². The molecule has 32 heavy (non-hydrogen) atoms. The number of rotatable bonds is 7.